The number of nitrogens with one attached hydrogen (secondary N) is 2. The van der Waals surface area contributed by atoms with Crippen molar-refractivity contribution in [1.29, 1.82) is 0 Å². The fourth-order valence-electron chi connectivity index (χ4n) is 5.49. The highest BCUT2D eigenvalue weighted by molar-refractivity contribution is 6.09. The van der Waals surface area contributed by atoms with E-state index in [4.69, 9.17) is 0 Å². The molecule has 1 aliphatic carbocycles. The maximum atomic E-state index is 13.1. The third-order valence-electron chi connectivity index (χ3n) is 6.05. The van der Waals surface area contributed by atoms with Crippen LogP contribution in [0.25, 0.3) is 0 Å². The minimum absolute atomic E-state index is 0. The average molecular weight is 401 g/mol. The van der Waals surface area contributed by atoms with Crippen molar-refractivity contribution in [1.82, 2.24) is 20.4 Å². The molecule has 3 aliphatic rings. The number of halogens is 1. The van der Waals surface area contributed by atoms with E-state index in [0.29, 0.717) is 25.3 Å². The molecule has 2 saturated heterocycles. The Balaban J connectivity index is 0.00000261. The molecular formula is C19H33ClN4O3. The zero-order valence-electron chi connectivity index (χ0n) is 16.8. The molecule has 27 heavy (non-hydrogen) atoms. The second-order valence-corrected chi connectivity index (χ2v) is 9.20. The number of carbonyl (C=O) groups is 3. The molecule has 4 amide bonds. The number of carbonyl (C=O) groups excluding carboxylic acids is 3. The van der Waals surface area contributed by atoms with Gasteiger partial charge in [0.25, 0.3) is 5.91 Å². The van der Waals surface area contributed by atoms with Gasteiger partial charge in [-0.25, -0.2) is 4.79 Å². The van der Waals surface area contributed by atoms with E-state index < -0.39 is 11.6 Å². The van der Waals surface area contributed by atoms with Gasteiger partial charge in [0, 0.05) is 19.1 Å². The number of imide groups is 1. The van der Waals surface area contributed by atoms with Crippen LogP contribution in [0.15, 0.2) is 0 Å². The van der Waals surface area contributed by atoms with E-state index in [9.17, 15) is 14.4 Å². The third kappa shape index (κ3) is 4.24. The molecule has 8 heteroatoms. The number of likely N-dealkylation sites (tertiary alicyclic amines) is 1. The number of likely N-dealkylation sites (N-methyl/N-ethyl adjacent to an activating group) is 1. The summed E-state index contributed by atoms with van der Waals surface area (Å²) in [6.45, 7) is 7.70. The predicted molar refractivity (Wildman–Crippen MR) is 106 cm³/mol. The molecule has 0 bridgehead atoms. The predicted octanol–water partition coefficient (Wildman–Crippen LogP) is 1.76. The number of amides is 4. The number of nitrogens with zero attached hydrogens (tertiary/aromatic N) is 2. The lowest BCUT2D eigenvalue weighted by molar-refractivity contribution is -0.141. The Hall–Kier alpha value is -1.34. The average Bonchev–Trinajstić information content (AvgIpc) is 3.05. The van der Waals surface area contributed by atoms with Gasteiger partial charge >= 0.3 is 6.03 Å². The van der Waals surface area contributed by atoms with Crippen molar-refractivity contribution in [3.63, 3.8) is 0 Å². The van der Waals surface area contributed by atoms with E-state index >= 15 is 0 Å². The van der Waals surface area contributed by atoms with Crippen molar-refractivity contribution in [2.45, 2.75) is 64.5 Å². The Morgan fingerprint density at radius 1 is 1.30 bits per heavy atom. The standard InChI is InChI=1S/C19H32N4O3.ClH/c1-13-8-18(2,3)12-19(9-13)16(25)23(17(26)21-19)11-15(24)22-7-5-6-14(22)10-20-4;/h13-14,20H,5-12H2,1-4H3,(H,21,26);1H. The lowest BCUT2D eigenvalue weighted by Gasteiger charge is -2.43. The SMILES string of the molecule is CNCC1CCCN1C(=O)CN1C(=O)NC2(CC(C)CC(C)(C)C2)C1=O.Cl. The van der Waals surface area contributed by atoms with Crippen LogP contribution < -0.4 is 10.6 Å². The summed E-state index contributed by atoms with van der Waals surface area (Å²) in [4.78, 5) is 41.4. The second-order valence-electron chi connectivity index (χ2n) is 9.20. The summed E-state index contributed by atoms with van der Waals surface area (Å²) in [5.74, 6) is 0.00324. The van der Waals surface area contributed by atoms with Crippen molar-refractivity contribution in [3.05, 3.63) is 0 Å². The molecular weight excluding hydrogens is 368 g/mol. The monoisotopic (exact) mass is 400 g/mol. The maximum absolute atomic E-state index is 13.1. The molecule has 1 saturated carbocycles. The molecule has 3 unspecified atom stereocenters. The van der Waals surface area contributed by atoms with Crippen LogP contribution in [0.2, 0.25) is 0 Å². The van der Waals surface area contributed by atoms with Gasteiger partial charge in [0.2, 0.25) is 5.91 Å². The normalized spacial score (nSPS) is 32.6. The zero-order valence-corrected chi connectivity index (χ0v) is 17.7. The van der Waals surface area contributed by atoms with Gasteiger partial charge in [0.1, 0.15) is 12.1 Å². The molecule has 0 aromatic heterocycles. The summed E-state index contributed by atoms with van der Waals surface area (Å²) in [5.41, 5.74) is -0.846. The Kier molecular flexibility index (Phi) is 6.47. The van der Waals surface area contributed by atoms with Gasteiger partial charge in [0.15, 0.2) is 0 Å². The van der Waals surface area contributed by atoms with Crippen molar-refractivity contribution in [3.8, 4) is 0 Å². The van der Waals surface area contributed by atoms with Crippen LogP contribution in [0.5, 0.6) is 0 Å². The molecule has 7 nitrogen and oxygen atoms in total. The summed E-state index contributed by atoms with van der Waals surface area (Å²) in [5, 5.41) is 6.05. The molecule has 0 aromatic carbocycles. The Labute approximate surface area is 168 Å². The first kappa shape index (κ1) is 22.0. The van der Waals surface area contributed by atoms with Gasteiger partial charge in [-0.3, -0.25) is 14.5 Å². The van der Waals surface area contributed by atoms with Crippen LogP contribution in [0.3, 0.4) is 0 Å². The lowest BCUT2D eigenvalue weighted by Crippen LogP contribution is -2.54. The van der Waals surface area contributed by atoms with Gasteiger partial charge in [0.05, 0.1) is 0 Å². The number of hydrogen-bond donors (Lipinski definition) is 2. The first-order chi connectivity index (χ1) is 12.2. The van der Waals surface area contributed by atoms with E-state index in [0.717, 1.165) is 30.7 Å². The molecule has 2 aliphatic heterocycles. The lowest BCUT2D eigenvalue weighted by atomic mass is 9.64. The second kappa shape index (κ2) is 7.95. The summed E-state index contributed by atoms with van der Waals surface area (Å²) < 4.78 is 0. The zero-order chi connectivity index (χ0) is 19.1. The van der Waals surface area contributed by atoms with E-state index in [2.05, 4.69) is 31.4 Å². The molecule has 2 N–H and O–H groups in total. The topological polar surface area (TPSA) is 81.8 Å². The van der Waals surface area contributed by atoms with Gasteiger partial charge in [-0.15, -0.1) is 12.4 Å². The van der Waals surface area contributed by atoms with E-state index in [1.165, 1.54) is 0 Å². The minimum atomic E-state index is -0.839. The third-order valence-corrected chi connectivity index (χ3v) is 6.05. The summed E-state index contributed by atoms with van der Waals surface area (Å²) >= 11 is 0. The van der Waals surface area contributed by atoms with Crippen LogP contribution in [0.1, 0.15) is 52.9 Å². The van der Waals surface area contributed by atoms with Crippen LogP contribution in [0.4, 0.5) is 4.79 Å². The number of urea groups is 1. The molecule has 0 radical (unpaired) electrons. The highest BCUT2D eigenvalue weighted by Crippen LogP contribution is 2.46. The maximum Gasteiger partial charge on any atom is 0.325 e. The van der Waals surface area contributed by atoms with Gasteiger partial charge in [-0.1, -0.05) is 20.8 Å². The Morgan fingerprint density at radius 2 is 2.00 bits per heavy atom. The van der Waals surface area contributed by atoms with Crippen molar-refractivity contribution in [2.24, 2.45) is 11.3 Å². The fraction of sp³-hybridized carbons (Fsp3) is 0.842. The van der Waals surface area contributed by atoms with Crippen LogP contribution in [-0.2, 0) is 9.59 Å². The molecule has 3 fully saturated rings. The fourth-order valence-corrected chi connectivity index (χ4v) is 5.49. The minimum Gasteiger partial charge on any atom is -0.337 e. The molecule has 3 rings (SSSR count). The molecule has 154 valence electrons. The van der Waals surface area contributed by atoms with Crippen LogP contribution in [-0.4, -0.2) is 65.9 Å². The highest BCUT2D eigenvalue weighted by Gasteiger charge is 2.56. The van der Waals surface area contributed by atoms with E-state index in [1.807, 2.05) is 11.9 Å². The largest absolute Gasteiger partial charge is 0.337 e. The van der Waals surface area contributed by atoms with E-state index in [1.54, 1.807) is 0 Å². The summed E-state index contributed by atoms with van der Waals surface area (Å²) in [7, 11) is 1.87. The smallest absolute Gasteiger partial charge is 0.325 e. The van der Waals surface area contributed by atoms with E-state index in [-0.39, 0.29) is 42.2 Å². The molecule has 3 atom stereocenters. The van der Waals surface area contributed by atoms with Crippen LogP contribution >= 0.6 is 12.4 Å². The molecule has 1 spiro atoms. The Morgan fingerprint density at radius 3 is 2.63 bits per heavy atom. The summed E-state index contributed by atoms with van der Waals surface area (Å²) in [6.07, 6.45) is 4.25. The van der Waals surface area contributed by atoms with Gasteiger partial charge < -0.3 is 15.5 Å². The van der Waals surface area contributed by atoms with Crippen LogP contribution in [0, 0.1) is 11.3 Å². The quantitative estimate of drug-likeness (QED) is 0.704. The first-order valence-electron chi connectivity index (χ1n) is 9.76. The molecule has 2 heterocycles. The number of rotatable bonds is 4. The van der Waals surface area contributed by atoms with Crippen molar-refractivity contribution < 1.29 is 14.4 Å². The van der Waals surface area contributed by atoms with Crippen molar-refractivity contribution >= 4 is 30.3 Å². The Bertz CT molecular complexity index is 612. The number of hydrogen-bond acceptors (Lipinski definition) is 4. The van der Waals surface area contributed by atoms with Gasteiger partial charge in [-0.05, 0) is 50.5 Å². The van der Waals surface area contributed by atoms with Crippen molar-refractivity contribution in [2.75, 3.05) is 26.7 Å². The highest BCUT2D eigenvalue weighted by atomic mass is 35.5. The van der Waals surface area contributed by atoms with Gasteiger partial charge in [-0.2, -0.15) is 0 Å². The first-order valence-corrected chi connectivity index (χ1v) is 9.76. The summed E-state index contributed by atoms with van der Waals surface area (Å²) in [6, 6.07) is -0.270. The molecule has 0 aromatic rings.